The average Bonchev–Trinajstić information content (AvgIpc) is 2.50. The van der Waals surface area contributed by atoms with Crippen LogP contribution in [0.2, 0.25) is 0 Å². The molecule has 6 nitrogen and oxygen atoms in total. The van der Waals surface area contributed by atoms with Crippen molar-refractivity contribution >= 4 is 34.5 Å². The first-order valence-corrected chi connectivity index (χ1v) is 10.3. The number of carbonyl (C=O) groups is 2. The van der Waals surface area contributed by atoms with Gasteiger partial charge < -0.3 is 14.8 Å². The maximum absolute atomic E-state index is 12.6. The second kappa shape index (κ2) is 10.1. The molecule has 156 valence electrons. The summed E-state index contributed by atoms with van der Waals surface area (Å²) in [6, 6.07) is 7.80. The monoisotopic (exact) mass is 429 g/mol. The van der Waals surface area contributed by atoms with Crippen molar-refractivity contribution in [2.45, 2.75) is 70.1 Å². The molecule has 0 spiro atoms. The summed E-state index contributed by atoms with van der Waals surface area (Å²) in [4.78, 5) is 24.8. The van der Waals surface area contributed by atoms with Crippen LogP contribution in [0.4, 0.5) is 4.79 Å². The highest BCUT2D eigenvalue weighted by Crippen LogP contribution is 2.19. The molecule has 0 radical (unpaired) electrons. The summed E-state index contributed by atoms with van der Waals surface area (Å²) < 4.78 is 23.1. The third kappa shape index (κ3) is 9.90. The molecule has 1 amide bonds. The van der Waals surface area contributed by atoms with Crippen LogP contribution in [0.25, 0.3) is 0 Å². The molecular weight excluding hydrogens is 402 g/mol. The molecule has 0 fully saturated rings. The van der Waals surface area contributed by atoms with Gasteiger partial charge in [-0.1, -0.05) is 29.8 Å². The maximum atomic E-state index is 12.6. The Morgan fingerprint density at radius 3 is 2.11 bits per heavy atom. The Morgan fingerprint density at radius 2 is 1.61 bits per heavy atom. The van der Waals surface area contributed by atoms with E-state index >= 15 is 0 Å². The summed E-state index contributed by atoms with van der Waals surface area (Å²) in [7, 11) is -1.63. The lowest BCUT2D eigenvalue weighted by Gasteiger charge is -2.24. The lowest BCUT2D eigenvalue weighted by molar-refractivity contribution is -0.155. The number of rotatable bonds is 6. The van der Waals surface area contributed by atoms with E-state index in [0.29, 0.717) is 4.90 Å². The van der Waals surface area contributed by atoms with Crippen LogP contribution in [0.1, 0.15) is 48.0 Å². The molecule has 0 heterocycles. The van der Waals surface area contributed by atoms with Crippen LogP contribution in [0, 0.1) is 0 Å². The predicted molar refractivity (Wildman–Crippen MR) is 110 cm³/mol. The van der Waals surface area contributed by atoms with Gasteiger partial charge in [0.15, 0.2) is 0 Å². The van der Waals surface area contributed by atoms with E-state index in [-0.39, 0.29) is 10.8 Å². The van der Waals surface area contributed by atoms with Gasteiger partial charge in [-0.2, -0.15) is 0 Å². The second-order valence-corrected chi connectivity index (χ2v) is 10.2. The number of ether oxygens (including phenoxy) is 2. The molecule has 0 saturated heterocycles. The fourth-order valence-corrected chi connectivity index (χ4v) is 3.39. The molecule has 1 N–H and O–H groups in total. The number of halogens is 1. The van der Waals surface area contributed by atoms with Gasteiger partial charge in [0.1, 0.15) is 15.6 Å². The number of hydrogen-bond donors (Lipinski definition) is 1. The normalized spacial score (nSPS) is 14.8. The Morgan fingerprint density at radius 1 is 1.07 bits per heavy atom. The van der Waals surface area contributed by atoms with Crippen molar-refractivity contribution in [2.75, 3.05) is 0 Å². The minimum Gasteiger partial charge on any atom is -0.460 e. The first-order valence-electron chi connectivity index (χ1n) is 8.82. The van der Waals surface area contributed by atoms with Gasteiger partial charge in [0, 0.05) is 4.90 Å². The minimum atomic E-state index is -1.63. The third-order valence-electron chi connectivity index (χ3n) is 2.98. The zero-order valence-corrected chi connectivity index (χ0v) is 18.6. The Bertz CT molecular complexity index is 705. The molecule has 1 aromatic carbocycles. The van der Waals surface area contributed by atoms with Crippen molar-refractivity contribution in [3.63, 3.8) is 0 Å². The molecule has 0 bridgehead atoms. The Labute approximate surface area is 174 Å². The number of amides is 1. The molecule has 28 heavy (non-hydrogen) atoms. The van der Waals surface area contributed by atoms with E-state index in [1.807, 2.05) is 0 Å². The van der Waals surface area contributed by atoms with Gasteiger partial charge in [-0.25, -0.2) is 9.00 Å². The Hall–Kier alpha value is -1.86. The number of alkyl carbamates (subject to hydrolysis) is 1. The Kier molecular flexibility index (Phi) is 8.70. The highest BCUT2D eigenvalue weighted by Gasteiger charge is 2.24. The average molecular weight is 430 g/mol. The molecule has 1 aromatic rings. The summed E-state index contributed by atoms with van der Waals surface area (Å²) >= 11 is 6.21. The SMILES string of the molecule is CC(C)(C)OC(=O)CC(/C=C(\Cl)S(=O)c1ccccc1)NC(=O)OC(C)(C)C. The van der Waals surface area contributed by atoms with Crippen LogP contribution >= 0.6 is 11.6 Å². The van der Waals surface area contributed by atoms with Gasteiger partial charge in [0.25, 0.3) is 0 Å². The Balaban J connectivity index is 2.99. The summed E-state index contributed by atoms with van der Waals surface area (Å²) in [5, 5.41) is 2.57. The predicted octanol–water partition coefficient (Wildman–Crippen LogP) is 4.50. The number of carbonyl (C=O) groups excluding carboxylic acids is 2. The summed E-state index contributed by atoms with van der Waals surface area (Å²) in [6.07, 6.45) is 0.476. The molecule has 2 unspecified atom stereocenters. The minimum absolute atomic E-state index is 0.00387. The summed E-state index contributed by atoms with van der Waals surface area (Å²) in [6.45, 7) is 10.4. The van der Waals surface area contributed by atoms with E-state index in [0.717, 1.165) is 0 Å². The number of hydrogen-bond acceptors (Lipinski definition) is 5. The molecule has 0 saturated carbocycles. The van der Waals surface area contributed by atoms with E-state index in [9.17, 15) is 13.8 Å². The van der Waals surface area contributed by atoms with Crippen molar-refractivity contribution in [2.24, 2.45) is 0 Å². The quantitative estimate of drug-likeness (QED) is 0.673. The van der Waals surface area contributed by atoms with Crippen LogP contribution < -0.4 is 5.32 Å². The van der Waals surface area contributed by atoms with Gasteiger partial charge in [-0.15, -0.1) is 0 Å². The smallest absolute Gasteiger partial charge is 0.408 e. The topological polar surface area (TPSA) is 81.7 Å². The van der Waals surface area contributed by atoms with Crippen LogP contribution in [0.15, 0.2) is 45.7 Å². The highest BCUT2D eigenvalue weighted by atomic mass is 35.5. The lowest BCUT2D eigenvalue weighted by Crippen LogP contribution is -2.40. The number of benzene rings is 1. The number of nitrogens with one attached hydrogen (secondary N) is 1. The van der Waals surface area contributed by atoms with E-state index in [2.05, 4.69) is 5.32 Å². The van der Waals surface area contributed by atoms with Crippen LogP contribution in [0.5, 0.6) is 0 Å². The van der Waals surface area contributed by atoms with Crippen LogP contribution in [-0.4, -0.2) is 33.5 Å². The van der Waals surface area contributed by atoms with E-state index in [1.165, 1.54) is 6.08 Å². The van der Waals surface area contributed by atoms with Crippen molar-refractivity contribution < 1.29 is 23.3 Å². The van der Waals surface area contributed by atoms with E-state index in [4.69, 9.17) is 21.1 Å². The summed E-state index contributed by atoms with van der Waals surface area (Å²) in [5.74, 6) is -0.528. The van der Waals surface area contributed by atoms with Crippen LogP contribution in [0.3, 0.4) is 0 Å². The van der Waals surface area contributed by atoms with Crippen molar-refractivity contribution in [1.29, 1.82) is 0 Å². The lowest BCUT2D eigenvalue weighted by atomic mass is 10.1. The molecule has 0 aromatic heterocycles. The largest absolute Gasteiger partial charge is 0.460 e. The van der Waals surface area contributed by atoms with Gasteiger partial charge in [-0.05, 0) is 59.8 Å². The van der Waals surface area contributed by atoms with Gasteiger partial charge in [-0.3, -0.25) is 4.79 Å². The molecular formula is C20H28ClNO5S. The molecule has 0 aliphatic heterocycles. The highest BCUT2D eigenvalue weighted by molar-refractivity contribution is 7.90. The zero-order valence-electron chi connectivity index (χ0n) is 17.1. The van der Waals surface area contributed by atoms with Gasteiger partial charge in [0.2, 0.25) is 0 Å². The molecule has 1 rings (SSSR count). The molecule has 2 atom stereocenters. The fourth-order valence-electron chi connectivity index (χ4n) is 2.05. The number of esters is 1. The zero-order chi connectivity index (χ0) is 21.5. The molecule has 0 aliphatic carbocycles. The van der Waals surface area contributed by atoms with Crippen LogP contribution in [-0.2, 0) is 25.1 Å². The maximum Gasteiger partial charge on any atom is 0.408 e. The fraction of sp³-hybridized carbons (Fsp3) is 0.500. The first kappa shape index (κ1) is 24.2. The molecule has 0 aliphatic rings. The van der Waals surface area contributed by atoms with Gasteiger partial charge in [0.05, 0.1) is 23.3 Å². The third-order valence-corrected chi connectivity index (χ3v) is 4.71. The first-order chi connectivity index (χ1) is 12.8. The van der Waals surface area contributed by atoms with E-state index < -0.39 is 40.1 Å². The summed E-state index contributed by atoms with van der Waals surface area (Å²) in [5.41, 5.74) is -1.38. The second-order valence-electron chi connectivity index (χ2n) is 8.10. The van der Waals surface area contributed by atoms with Crippen molar-refractivity contribution in [3.8, 4) is 0 Å². The van der Waals surface area contributed by atoms with Crippen molar-refractivity contribution in [1.82, 2.24) is 5.32 Å². The van der Waals surface area contributed by atoms with Crippen molar-refractivity contribution in [3.05, 3.63) is 40.8 Å². The van der Waals surface area contributed by atoms with E-state index in [1.54, 1.807) is 71.9 Å². The molecule has 8 heteroatoms. The standard InChI is InChI=1S/C20H28ClNO5S/c1-19(2,3)26-17(23)13-14(22-18(24)27-20(4,5)6)12-16(21)28(25)15-10-8-7-9-11-15/h7-12,14H,13H2,1-6H3,(H,22,24)/b16-12+. The van der Waals surface area contributed by atoms with Gasteiger partial charge >= 0.3 is 12.1 Å².